The van der Waals surface area contributed by atoms with E-state index in [4.69, 9.17) is 0 Å². The van der Waals surface area contributed by atoms with E-state index in [2.05, 4.69) is 94.2 Å². The number of aryl methyl sites for hydroxylation is 1. The van der Waals surface area contributed by atoms with Gasteiger partial charge in [0.25, 0.3) is 0 Å². The molecule has 0 aliphatic carbocycles. The lowest BCUT2D eigenvalue weighted by Crippen LogP contribution is -2.37. The van der Waals surface area contributed by atoms with E-state index >= 15 is 0 Å². The van der Waals surface area contributed by atoms with Crippen molar-refractivity contribution in [2.45, 2.75) is 13.5 Å². The van der Waals surface area contributed by atoms with Gasteiger partial charge in [-0.25, -0.2) is 0 Å². The van der Waals surface area contributed by atoms with Gasteiger partial charge in [-0.1, -0.05) is 48.5 Å². The second kappa shape index (κ2) is 5.93. The third kappa shape index (κ3) is 2.20. The van der Waals surface area contributed by atoms with E-state index in [-0.39, 0.29) is 0 Å². The molecular weight excluding hydrogens is 320 g/mol. The predicted molar refractivity (Wildman–Crippen MR) is 108 cm³/mol. The molecule has 0 fully saturated rings. The number of aromatic nitrogens is 1. The second-order valence-electron chi connectivity index (χ2n) is 6.45. The van der Waals surface area contributed by atoms with Crippen LogP contribution in [0.3, 0.4) is 0 Å². The number of hydrogen-bond acceptors (Lipinski definition) is 3. The summed E-state index contributed by atoms with van der Waals surface area (Å²) in [4.78, 5) is 0. The van der Waals surface area contributed by atoms with Gasteiger partial charge in [0.05, 0.1) is 11.4 Å². The van der Waals surface area contributed by atoms with E-state index in [9.17, 15) is 0 Å². The zero-order valence-corrected chi connectivity index (χ0v) is 14.6. The third-order valence-electron chi connectivity index (χ3n) is 5.03. The van der Waals surface area contributed by atoms with Crippen molar-refractivity contribution in [2.75, 3.05) is 5.01 Å². The van der Waals surface area contributed by atoms with E-state index in [0.29, 0.717) is 0 Å². The highest BCUT2D eigenvalue weighted by Crippen LogP contribution is 2.34. The van der Waals surface area contributed by atoms with Crippen LogP contribution in [-0.4, -0.2) is 4.57 Å². The summed E-state index contributed by atoms with van der Waals surface area (Å²) in [5.41, 5.74) is 12.3. The fourth-order valence-electron chi connectivity index (χ4n) is 3.84. The predicted octanol–water partition coefficient (Wildman–Crippen LogP) is 4.64. The molecule has 4 heteroatoms. The Morgan fingerprint density at radius 3 is 2.42 bits per heavy atom. The average Bonchev–Trinajstić information content (AvgIpc) is 3.31. The Hall–Kier alpha value is -3.24. The number of anilines is 1. The molecule has 0 saturated heterocycles. The normalized spacial score (nSPS) is 14.0. The van der Waals surface area contributed by atoms with Gasteiger partial charge in [0.2, 0.25) is 0 Å². The molecule has 0 amide bonds. The fourth-order valence-corrected chi connectivity index (χ4v) is 3.84. The van der Waals surface area contributed by atoms with Gasteiger partial charge in [0.1, 0.15) is 0 Å². The van der Waals surface area contributed by atoms with Crippen LogP contribution in [0, 0.1) is 0 Å². The molecule has 1 aliphatic heterocycles. The molecule has 1 aliphatic rings. The Bertz CT molecular complexity index is 1130. The molecule has 0 atom stereocenters. The quantitative estimate of drug-likeness (QED) is 0.570. The van der Waals surface area contributed by atoms with E-state index < -0.39 is 0 Å². The lowest BCUT2D eigenvalue weighted by atomic mass is 10.1. The van der Waals surface area contributed by atoms with Crippen LogP contribution in [0.4, 0.5) is 5.69 Å². The molecule has 0 spiro atoms. The molecule has 0 radical (unpaired) electrons. The maximum absolute atomic E-state index is 3.24. The summed E-state index contributed by atoms with van der Waals surface area (Å²) in [6.07, 6.45) is 1.99. The minimum Gasteiger partial charge on any atom is -0.341 e. The van der Waals surface area contributed by atoms with Gasteiger partial charge in [-0.15, -0.1) is 5.53 Å². The summed E-state index contributed by atoms with van der Waals surface area (Å²) in [7, 11) is 0. The summed E-state index contributed by atoms with van der Waals surface area (Å²) in [6.45, 7) is 3.16. The van der Waals surface area contributed by atoms with Gasteiger partial charge in [-0.2, -0.15) is 0 Å². The first-order chi connectivity index (χ1) is 12.9. The van der Waals surface area contributed by atoms with Crippen molar-refractivity contribution in [2.24, 2.45) is 0 Å². The Morgan fingerprint density at radius 1 is 0.808 bits per heavy atom. The van der Waals surface area contributed by atoms with Gasteiger partial charge in [-0.3, -0.25) is 5.01 Å². The summed E-state index contributed by atoms with van der Waals surface area (Å²) in [5.74, 6) is 0. The molecule has 0 bridgehead atoms. The molecule has 4 aromatic rings. The highest BCUT2D eigenvalue weighted by molar-refractivity contribution is 6.09. The minimum absolute atomic E-state index is 0.960. The minimum atomic E-state index is 0.960. The topological polar surface area (TPSA) is 32.2 Å². The smallest absolute Gasteiger partial charge is 0.0839 e. The SMILES string of the molecule is CCn1c2ccccc2c2cc(N3NNC=C3c3ccccc3)ccc21. The van der Waals surface area contributed by atoms with Crippen molar-refractivity contribution in [3.8, 4) is 0 Å². The van der Waals surface area contributed by atoms with Crippen LogP contribution in [0.25, 0.3) is 27.5 Å². The molecule has 0 unspecified atom stereocenters. The summed E-state index contributed by atoms with van der Waals surface area (Å²) in [6, 6.07) is 25.7. The molecule has 0 saturated carbocycles. The number of hydrogen-bond donors (Lipinski definition) is 2. The number of nitrogens with zero attached hydrogens (tertiary/aromatic N) is 2. The van der Waals surface area contributed by atoms with Crippen LogP contribution in [0.1, 0.15) is 12.5 Å². The summed E-state index contributed by atoms with van der Waals surface area (Å²) >= 11 is 0. The zero-order chi connectivity index (χ0) is 17.5. The Kier molecular flexibility index (Phi) is 3.43. The van der Waals surface area contributed by atoms with E-state index in [0.717, 1.165) is 17.9 Å². The summed E-state index contributed by atoms with van der Waals surface area (Å²) in [5, 5.41) is 4.66. The molecule has 2 heterocycles. The van der Waals surface area contributed by atoms with Crippen molar-refractivity contribution in [1.82, 2.24) is 15.5 Å². The van der Waals surface area contributed by atoms with Crippen molar-refractivity contribution >= 4 is 33.2 Å². The first-order valence-corrected chi connectivity index (χ1v) is 8.94. The summed E-state index contributed by atoms with van der Waals surface area (Å²) < 4.78 is 2.37. The zero-order valence-electron chi connectivity index (χ0n) is 14.6. The first kappa shape index (κ1) is 15.0. The molecule has 128 valence electrons. The van der Waals surface area contributed by atoms with E-state index in [1.54, 1.807) is 0 Å². The average molecular weight is 340 g/mol. The van der Waals surface area contributed by atoms with Crippen molar-refractivity contribution in [3.63, 3.8) is 0 Å². The van der Waals surface area contributed by atoms with Crippen LogP contribution >= 0.6 is 0 Å². The number of hydrazine groups is 2. The molecular formula is C22H20N4. The van der Waals surface area contributed by atoms with Gasteiger partial charge < -0.3 is 9.99 Å². The lowest BCUT2D eigenvalue weighted by molar-refractivity contribution is 0.684. The molecule has 26 heavy (non-hydrogen) atoms. The number of fused-ring (bicyclic) bond motifs is 3. The Labute approximate surface area is 152 Å². The van der Waals surface area contributed by atoms with Crippen LogP contribution in [0.2, 0.25) is 0 Å². The highest BCUT2D eigenvalue weighted by Gasteiger charge is 2.19. The van der Waals surface area contributed by atoms with E-state index in [1.165, 1.54) is 27.4 Å². The molecule has 4 nitrogen and oxygen atoms in total. The number of benzene rings is 3. The van der Waals surface area contributed by atoms with Crippen molar-refractivity contribution in [1.29, 1.82) is 0 Å². The monoisotopic (exact) mass is 340 g/mol. The Balaban J connectivity index is 1.66. The van der Waals surface area contributed by atoms with Crippen LogP contribution in [0.15, 0.2) is 79.0 Å². The van der Waals surface area contributed by atoms with Crippen molar-refractivity contribution < 1.29 is 0 Å². The van der Waals surface area contributed by atoms with Gasteiger partial charge in [0.15, 0.2) is 0 Å². The van der Waals surface area contributed by atoms with Gasteiger partial charge in [0, 0.05) is 40.1 Å². The second-order valence-corrected chi connectivity index (χ2v) is 6.45. The van der Waals surface area contributed by atoms with Crippen LogP contribution in [-0.2, 0) is 6.54 Å². The van der Waals surface area contributed by atoms with E-state index in [1.807, 2.05) is 12.3 Å². The largest absolute Gasteiger partial charge is 0.341 e. The lowest BCUT2D eigenvalue weighted by Gasteiger charge is -2.21. The van der Waals surface area contributed by atoms with Gasteiger partial charge >= 0.3 is 0 Å². The highest BCUT2D eigenvalue weighted by atomic mass is 15.7. The first-order valence-electron chi connectivity index (χ1n) is 8.94. The molecule has 1 aromatic heterocycles. The standard InChI is InChI=1S/C22H20N4/c1-2-25-20-11-7-6-10-18(20)19-14-17(12-13-21(19)25)26-22(15-23-24-26)16-8-4-3-5-9-16/h3-15,23-24H,2H2,1H3. The molecule has 3 aromatic carbocycles. The molecule has 5 rings (SSSR count). The number of nitrogens with one attached hydrogen (secondary N) is 2. The maximum atomic E-state index is 3.24. The fraction of sp³-hybridized carbons (Fsp3) is 0.0909. The van der Waals surface area contributed by atoms with Crippen LogP contribution < -0.4 is 16.0 Å². The molecule has 2 N–H and O–H groups in total. The van der Waals surface area contributed by atoms with Crippen LogP contribution in [0.5, 0.6) is 0 Å². The maximum Gasteiger partial charge on any atom is 0.0839 e. The van der Waals surface area contributed by atoms with Gasteiger partial charge in [-0.05, 0) is 31.2 Å². The Morgan fingerprint density at radius 2 is 1.58 bits per heavy atom. The van der Waals surface area contributed by atoms with Crippen molar-refractivity contribution in [3.05, 3.63) is 84.6 Å². The number of rotatable bonds is 3. The number of para-hydroxylation sites is 1. The third-order valence-corrected chi connectivity index (χ3v) is 5.03.